The van der Waals surface area contributed by atoms with Crippen molar-refractivity contribution >= 4 is 101 Å². The van der Waals surface area contributed by atoms with Crippen LogP contribution in [0.15, 0.2) is 285 Å². The SMILES string of the molecule is CC(C)(C)c1cc(-c2ccc3c(c2)N(c2ccc(-c4ccc5c(c4)C(C)(C)CC5(C)C)cc2)c2cc(-n4c5ccc(C(C)(C)C)cc5c5cc(C(C)(C)C)ccc54)cc4c2B3c2ccc(-n3c5ccc(-c6ccccc6)cc5c5cc(-c6ccccc6)ccc53)cc2N4c2ccc(-c3ccc4c(c3)C(C)(C)CC4(C)C)cc2)cc(C(C)(C)C)c1. The molecule has 20 rings (SSSR count). The number of rotatable bonds is 9. The van der Waals surface area contributed by atoms with Gasteiger partial charge in [0, 0.05) is 61.4 Å². The smallest absolute Gasteiger partial charge is 0.252 e. The molecule has 119 heavy (non-hydrogen) atoms. The van der Waals surface area contributed by atoms with E-state index in [1.807, 2.05) is 0 Å². The maximum Gasteiger partial charge on any atom is 0.252 e. The Morgan fingerprint density at radius 2 is 0.555 bits per heavy atom. The molecule has 0 spiro atoms. The fourth-order valence-electron chi connectivity index (χ4n) is 21.7. The van der Waals surface area contributed by atoms with Gasteiger partial charge < -0.3 is 18.9 Å². The molecule has 0 fully saturated rings. The lowest BCUT2D eigenvalue weighted by molar-refractivity contribution is 0.402. The van der Waals surface area contributed by atoms with E-state index < -0.39 is 0 Å². The molecule has 4 aliphatic rings. The van der Waals surface area contributed by atoms with E-state index in [4.69, 9.17) is 0 Å². The molecular formula is C114H111BN4. The number of hydrogen-bond acceptors (Lipinski definition) is 2. The highest BCUT2D eigenvalue weighted by Gasteiger charge is 2.47. The average Bonchev–Trinajstić information content (AvgIpc) is 0.768. The van der Waals surface area contributed by atoms with Gasteiger partial charge in [0.15, 0.2) is 0 Å². The molecule has 590 valence electrons. The largest absolute Gasteiger partial charge is 0.311 e. The second-order valence-electron chi connectivity index (χ2n) is 42.2. The van der Waals surface area contributed by atoms with Crippen LogP contribution in [0.25, 0.3) is 111 Å². The molecule has 0 bridgehead atoms. The summed E-state index contributed by atoms with van der Waals surface area (Å²) in [6, 6.07) is 112. The molecular weight excluding hydrogens is 1440 g/mol. The van der Waals surface area contributed by atoms with E-state index in [1.165, 1.54) is 155 Å². The third-order valence-electron chi connectivity index (χ3n) is 27.7. The first-order valence-corrected chi connectivity index (χ1v) is 43.5. The second-order valence-corrected chi connectivity index (χ2v) is 42.2. The molecule has 14 aromatic carbocycles. The van der Waals surface area contributed by atoms with Crippen molar-refractivity contribution in [3.63, 3.8) is 0 Å². The van der Waals surface area contributed by atoms with Crippen LogP contribution in [0.4, 0.5) is 34.1 Å². The maximum absolute atomic E-state index is 2.67. The minimum atomic E-state index is -0.209. The fraction of sp³-hybridized carbons (Fsp3) is 0.263. The molecule has 0 radical (unpaired) electrons. The molecule has 4 nitrogen and oxygen atoms in total. The number of benzene rings is 14. The molecule has 2 aliphatic carbocycles. The Morgan fingerprint density at radius 1 is 0.235 bits per heavy atom. The van der Waals surface area contributed by atoms with Gasteiger partial charge >= 0.3 is 0 Å². The van der Waals surface area contributed by atoms with Gasteiger partial charge in [-0.3, -0.25) is 0 Å². The van der Waals surface area contributed by atoms with E-state index in [2.05, 4.69) is 443 Å². The molecule has 2 aliphatic heterocycles. The summed E-state index contributed by atoms with van der Waals surface area (Å²) in [7, 11) is 0. The molecule has 5 heteroatoms. The standard InChI is InChI=1S/C114H111BN4/c1-107(2,3)80-40-53-100-90(63-80)91-64-81(108(4,5)6)41-54-101(91)119(100)87-66-104-106-105(67-87)117(85-44-33-73(34-45-85)77-36-48-93-95(60-77)114(19,20)69-112(93,15)16)103-65-86(118-98-51-38-74(70-27-23-21-24-28-70)57-88(98)89-58-75(39-52-99(89)118)71-29-25-22-26-30-71)46-50-97(103)115(106)96-49-37-78(79-55-82(109(7,8)9)62-83(56-79)110(10,11)12)61-102(96)116(104)84-42-31-72(32-43-84)76-35-47-92-94(59-76)113(17,18)68-111(92,13)14/h21-67H,68-69H2,1-20H3. The first kappa shape index (κ1) is 76.1. The Labute approximate surface area is 706 Å². The van der Waals surface area contributed by atoms with Gasteiger partial charge in [0.1, 0.15) is 0 Å². The summed E-state index contributed by atoms with van der Waals surface area (Å²) in [6.07, 6.45) is 2.24. The maximum atomic E-state index is 2.67. The summed E-state index contributed by atoms with van der Waals surface area (Å²) in [6.45, 7) is 47.5. The highest BCUT2D eigenvalue weighted by Crippen LogP contribution is 2.55. The fourth-order valence-corrected chi connectivity index (χ4v) is 21.7. The van der Waals surface area contributed by atoms with Gasteiger partial charge in [-0.25, -0.2) is 0 Å². The van der Waals surface area contributed by atoms with Gasteiger partial charge in [-0.2, -0.15) is 0 Å². The van der Waals surface area contributed by atoms with Gasteiger partial charge in [0.05, 0.1) is 27.8 Å². The normalized spacial score (nSPS) is 15.7. The first-order valence-electron chi connectivity index (χ1n) is 43.5. The van der Waals surface area contributed by atoms with Crippen LogP contribution in [0.1, 0.15) is 196 Å². The zero-order valence-corrected chi connectivity index (χ0v) is 73.4. The van der Waals surface area contributed by atoms with Gasteiger partial charge in [0.2, 0.25) is 0 Å². The van der Waals surface area contributed by atoms with Crippen LogP contribution in [0.5, 0.6) is 0 Å². The number of aromatic nitrogens is 2. The van der Waals surface area contributed by atoms with Crippen molar-refractivity contribution in [2.45, 2.75) is 195 Å². The summed E-state index contributed by atoms with van der Waals surface area (Å²) >= 11 is 0. The molecule has 4 heterocycles. The summed E-state index contributed by atoms with van der Waals surface area (Å²) in [5.41, 5.74) is 40.7. The highest BCUT2D eigenvalue weighted by molar-refractivity contribution is 7.00. The van der Waals surface area contributed by atoms with E-state index >= 15 is 0 Å². The van der Waals surface area contributed by atoms with Crippen LogP contribution in [0, 0.1) is 0 Å². The Kier molecular flexibility index (Phi) is 16.9. The van der Waals surface area contributed by atoms with E-state index in [9.17, 15) is 0 Å². The third-order valence-corrected chi connectivity index (χ3v) is 27.7. The van der Waals surface area contributed by atoms with Crippen molar-refractivity contribution < 1.29 is 0 Å². The van der Waals surface area contributed by atoms with Crippen LogP contribution >= 0.6 is 0 Å². The summed E-state index contributed by atoms with van der Waals surface area (Å²) in [5, 5.41) is 4.95. The van der Waals surface area contributed by atoms with Crippen molar-refractivity contribution in [1.82, 2.24) is 9.13 Å². The Bertz CT molecular complexity index is 6660. The molecule has 0 amide bonds. The molecule has 2 aromatic heterocycles. The van der Waals surface area contributed by atoms with Crippen LogP contribution < -0.4 is 26.2 Å². The number of hydrogen-bond donors (Lipinski definition) is 0. The van der Waals surface area contributed by atoms with E-state index in [0.29, 0.717) is 0 Å². The van der Waals surface area contributed by atoms with Crippen molar-refractivity contribution in [2.75, 3.05) is 9.80 Å². The van der Waals surface area contributed by atoms with Gasteiger partial charge in [0.25, 0.3) is 6.71 Å². The number of anilines is 6. The van der Waals surface area contributed by atoms with Crippen LogP contribution in [-0.2, 0) is 43.3 Å². The van der Waals surface area contributed by atoms with Crippen LogP contribution in [0.2, 0.25) is 0 Å². The number of fused-ring (bicyclic) bond motifs is 12. The van der Waals surface area contributed by atoms with Crippen molar-refractivity contribution in [3.05, 3.63) is 330 Å². The molecule has 0 N–H and O–H groups in total. The van der Waals surface area contributed by atoms with Crippen LogP contribution in [0.3, 0.4) is 0 Å². The Hall–Kier alpha value is -11.7. The van der Waals surface area contributed by atoms with Crippen molar-refractivity contribution in [3.8, 4) is 67.0 Å². The minimum absolute atomic E-state index is 0.0513. The molecule has 16 aromatic rings. The predicted molar refractivity (Wildman–Crippen MR) is 512 cm³/mol. The van der Waals surface area contributed by atoms with E-state index in [1.54, 1.807) is 0 Å². The average molecular weight is 1550 g/mol. The van der Waals surface area contributed by atoms with E-state index in [-0.39, 0.29) is 50.0 Å². The van der Waals surface area contributed by atoms with Gasteiger partial charge in [-0.15, -0.1) is 0 Å². The van der Waals surface area contributed by atoms with Gasteiger partial charge in [-0.1, -0.05) is 320 Å². The Balaban J connectivity index is 0.891. The Morgan fingerprint density at radius 3 is 0.983 bits per heavy atom. The minimum Gasteiger partial charge on any atom is -0.311 e. The lowest BCUT2D eigenvalue weighted by atomic mass is 9.33. The second kappa shape index (κ2) is 26.4. The zero-order valence-electron chi connectivity index (χ0n) is 73.4. The van der Waals surface area contributed by atoms with E-state index in [0.717, 1.165) is 63.7 Å². The quantitative estimate of drug-likeness (QED) is 0.134. The summed E-state index contributed by atoms with van der Waals surface area (Å²) < 4.78 is 5.16. The van der Waals surface area contributed by atoms with Crippen LogP contribution in [-0.4, -0.2) is 15.8 Å². The third kappa shape index (κ3) is 12.5. The molecule has 0 atom stereocenters. The predicted octanol–water partition coefficient (Wildman–Crippen LogP) is 29.4. The lowest BCUT2D eigenvalue weighted by Crippen LogP contribution is -2.61. The topological polar surface area (TPSA) is 16.3 Å². The monoisotopic (exact) mass is 1550 g/mol. The summed E-state index contributed by atoms with van der Waals surface area (Å²) in [5.74, 6) is 0. The molecule has 0 saturated carbocycles. The first-order chi connectivity index (χ1) is 56.4. The number of nitrogens with zero attached hydrogens (tertiary/aromatic N) is 4. The zero-order chi connectivity index (χ0) is 82.9. The molecule has 0 unspecified atom stereocenters. The molecule has 0 saturated heterocycles. The highest BCUT2D eigenvalue weighted by atomic mass is 15.2. The van der Waals surface area contributed by atoms with Gasteiger partial charge in [-0.05, 0) is 276 Å². The van der Waals surface area contributed by atoms with Crippen molar-refractivity contribution in [1.29, 1.82) is 0 Å². The lowest BCUT2D eigenvalue weighted by Gasteiger charge is -2.44. The summed E-state index contributed by atoms with van der Waals surface area (Å²) in [4.78, 5) is 5.33. The van der Waals surface area contributed by atoms with Crippen molar-refractivity contribution in [2.24, 2.45) is 0 Å².